The molecule has 1 N–H and O–H groups in total. The van der Waals surface area contributed by atoms with Gasteiger partial charge in [0.2, 0.25) is 0 Å². The number of fused-ring (bicyclic) bond motifs is 2. The molecule has 0 unspecified atom stereocenters. The van der Waals surface area contributed by atoms with Crippen molar-refractivity contribution < 1.29 is 14.3 Å². The Morgan fingerprint density at radius 2 is 1.93 bits per heavy atom. The van der Waals surface area contributed by atoms with Crippen LogP contribution >= 0.6 is 0 Å². The van der Waals surface area contributed by atoms with Crippen molar-refractivity contribution in [1.29, 1.82) is 0 Å². The van der Waals surface area contributed by atoms with Crippen molar-refractivity contribution in [3.8, 4) is 0 Å². The second-order valence-electron chi connectivity index (χ2n) is 7.38. The number of nitrogens with one attached hydrogen (secondary N) is 1. The minimum atomic E-state index is -0.882. The summed E-state index contributed by atoms with van der Waals surface area (Å²) in [5.74, 6) is -0.315. The lowest BCUT2D eigenvalue weighted by atomic mass is 10.0. The van der Waals surface area contributed by atoms with Crippen LogP contribution in [0.15, 0.2) is 53.3 Å². The number of benzene rings is 2. The number of hydrogen-bond acceptors (Lipinski definition) is 5. The van der Waals surface area contributed by atoms with E-state index < -0.39 is 12.1 Å². The molecule has 30 heavy (non-hydrogen) atoms. The van der Waals surface area contributed by atoms with Crippen molar-refractivity contribution in [2.75, 3.05) is 11.4 Å². The zero-order valence-corrected chi connectivity index (χ0v) is 16.8. The van der Waals surface area contributed by atoms with Crippen LogP contribution in [-0.2, 0) is 27.2 Å². The van der Waals surface area contributed by atoms with Gasteiger partial charge in [0.15, 0.2) is 6.10 Å². The van der Waals surface area contributed by atoms with E-state index in [1.807, 2.05) is 24.3 Å². The Kier molecular flexibility index (Phi) is 5.61. The molecule has 0 saturated carbocycles. The second-order valence-corrected chi connectivity index (χ2v) is 7.38. The highest BCUT2D eigenvalue weighted by Crippen LogP contribution is 2.27. The molecule has 0 radical (unpaired) electrons. The fourth-order valence-electron chi connectivity index (χ4n) is 3.76. The van der Waals surface area contributed by atoms with Crippen LogP contribution in [0, 0.1) is 0 Å². The lowest BCUT2D eigenvalue weighted by molar-refractivity contribution is -0.153. The number of hydrogen-bond donors (Lipinski definition) is 1. The molecule has 0 saturated heterocycles. The predicted octanol–water partition coefficient (Wildman–Crippen LogP) is 2.77. The molecule has 0 aliphatic carbocycles. The van der Waals surface area contributed by atoms with Crippen LogP contribution in [0.3, 0.4) is 0 Å². The molecule has 1 aromatic heterocycles. The summed E-state index contributed by atoms with van der Waals surface area (Å²) < 4.78 is 5.37. The first-order chi connectivity index (χ1) is 14.5. The average Bonchev–Trinajstić information content (AvgIpc) is 2.77. The third-order valence-electron chi connectivity index (χ3n) is 5.26. The van der Waals surface area contributed by atoms with E-state index in [1.165, 1.54) is 0 Å². The number of aromatic nitrogens is 2. The summed E-state index contributed by atoms with van der Waals surface area (Å²) >= 11 is 0. The van der Waals surface area contributed by atoms with Gasteiger partial charge in [-0.15, -0.1) is 0 Å². The summed E-state index contributed by atoms with van der Waals surface area (Å²) in [5, 5.41) is 0.504. The van der Waals surface area contributed by atoms with Gasteiger partial charge in [0.25, 0.3) is 11.5 Å². The summed E-state index contributed by atoms with van der Waals surface area (Å²) in [5.41, 5.74) is 2.35. The number of H-pyrrole nitrogens is 1. The van der Waals surface area contributed by atoms with Gasteiger partial charge in [-0.25, -0.2) is 4.98 Å². The summed E-state index contributed by atoms with van der Waals surface area (Å²) in [6.07, 6.45) is 1.18. The number of esters is 1. The van der Waals surface area contributed by atoms with E-state index in [0.29, 0.717) is 23.3 Å². The first kappa shape index (κ1) is 19.8. The van der Waals surface area contributed by atoms with Gasteiger partial charge in [0.1, 0.15) is 5.82 Å². The number of para-hydroxylation sites is 2. The number of aromatic amines is 1. The molecular weight excluding hydrogens is 382 g/mol. The van der Waals surface area contributed by atoms with Gasteiger partial charge in [-0.2, -0.15) is 0 Å². The average molecular weight is 405 g/mol. The number of ether oxygens (including phenoxy) is 1. The standard InChI is InChI=1S/C23H23N3O4/c1-15(23(29)26-14-6-8-16-7-2-5-11-19(16)26)30-21(27)13-12-20-24-18-10-4-3-9-17(18)22(28)25-20/h2-5,7,9-11,15H,6,8,12-14H2,1H3,(H,24,25,28)/t15-/m1/s1. The van der Waals surface area contributed by atoms with E-state index in [9.17, 15) is 14.4 Å². The van der Waals surface area contributed by atoms with E-state index in [2.05, 4.69) is 9.97 Å². The minimum Gasteiger partial charge on any atom is -0.453 e. The molecule has 1 amide bonds. The van der Waals surface area contributed by atoms with Crippen LogP contribution in [0.1, 0.15) is 31.2 Å². The fourth-order valence-corrected chi connectivity index (χ4v) is 3.76. The molecular formula is C23H23N3O4. The molecule has 0 fully saturated rings. The lowest BCUT2D eigenvalue weighted by Gasteiger charge is -2.31. The molecule has 3 aromatic rings. The molecule has 1 atom stereocenters. The number of carbonyl (C=O) groups is 2. The lowest BCUT2D eigenvalue weighted by Crippen LogP contribution is -2.42. The Labute approximate surface area is 173 Å². The molecule has 2 aromatic carbocycles. The first-order valence-corrected chi connectivity index (χ1v) is 10.1. The maximum Gasteiger partial charge on any atom is 0.307 e. The quantitative estimate of drug-likeness (QED) is 0.659. The molecule has 7 nitrogen and oxygen atoms in total. The Morgan fingerprint density at radius 1 is 1.17 bits per heavy atom. The first-order valence-electron chi connectivity index (χ1n) is 10.1. The van der Waals surface area contributed by atoms with Gasteiger partial charge >= 0.3 is 5.97 Å². The number of amides is 1. The third-order valence-corrected chi connectivity index (χ3v) is 5.26. The highest BCUT2D eigenvalue weighted by Gasteiger charge is 2.28. The number of anilines is 1. The summed E-state index contributed by atoms with van der Waals surface area (Å²) in [6.45, 7) is 2.20. The van der Waals surface area contributed by atoms with Crippen LogP contribution in [0.2, 0.25) is 0 Å². The molecule has 2 heterocycles. The number of rotatable bonds is 5. The largest absolute Gasteiger partial charge is 0.453 e. The van der Waals surface area contributed by atoms with Crippen molar-refractivity contribution >= 4 is 28.5 Å². The van der Waals surface area contributed by atoms with Crippen molar-refractivity contribution in [3.05, 3.63) is 70.3 Å². The highest BCUT2D eigenvalue weighted by molar-refractivity contribution is 5.98. The number of aryl methyl sites for hydroxylation is 2. The van der Waals surface area contributed by atoms with Gasteiger partial charge in [0.05, 0.1) is 17.3 Å². The van der Waals surface area contributed by atoms with Gasteiger partial charge < -0.3 is 14.6 Å². The Balaban J connectivity index is 1.37. The summed E-state index contributed by atoms with van der Waals surface area (Å²) in [6, 6.07) is 14.8. The maximum atomic E-state index is 12.9. The minimum absolute atomic E-state index is 0.0233. The van der Waals surface area contributed by atoms with Crippen molar-refractivity contribution in [1.82, 2.24) is 9.97 Å². The van der Waals surface area contributed by atoms with Crippen molar-refractivity contribution in [2.24, 2.45) is 0 Å². The number of nitrogens with zero attached hydrogens (tertiary/aromatic N) is 2. The molecule has 1 aliphatic heterocycles. The molecule has 0 bridgehead atoms. The molecule has 1 aliphatic rings. The second kappa shape index (κ2) is 8.49. The predicted molar refractivity (Wildman–Crippen MR) is 113 cm³/mol. The normalized spacial score (nSPS) is 14.2. The van der Waals surface area contributed by atoms with Gasteiger partial charge in [-0.3, -0.25) is 14.4 Å². The third kappa shape index (κ3) is 4.10. The van der Waals surface area contributed by atoms with Crippen LogP contribution in [0.5, 0.6) is 0 Å². The van der Waals surface area contributed by atoms with Crippen LogP contribution < -0.4 is 10.5 Å². The van der Waals surface area contributed by atoms with E-state index in [-0.39, 0.29) is 24.3 Å². The van der Waals surface area contributed by atoms with Gasteiger partial charge in [0, 0.05) is 18.7 Å². The van der Waals surface area contributed by atoms with E-state index >= 15 is 0 Å². The van der Waals surface area contributed by atoms with E-state index in [0.717, 1.165) is 24.1 Å². The Hall–Kier alpha value is -3.48. The topological polar surface area (TPSA) is 92.4 Å². The zero-order chi connectivity index (χ0) is 21.1. The van der Waals surface area contributed by atoms with E-state index in [1.54, 1.807) is 36.1 Å². The Bertz CT molecular complexity index is 1150. The van der Waals surface area contributed by atoms with E-state index in [4.69, 9.17) is 4.74 Å². The summed E-state index contributed by atoms with van der Waals surface area (Å²) in [7, 11) is 0. The Morgan fingerprint density at radius 3 is 2.80 bits per heavy atom. The van der Waals surface area contributed by atoms with Crippen LogP contribution in [0.4, 0.5) is 5.69 Å². The molecule has 154 valence electrons. The van der Waals surface area contributed by atoms with Crippen molar-refractivity contribution in [2.45, 2.75) is 38.7 Å². The van der Waals surface area contributed by atoms with Crippen molar-refractivity contribution in [3.63, 3.8) is 0 Å². The number of carbonyl (C=O) groups excluding carboxylic acids is 2. The molecule has 0 spiro atoms. The van der Waals surface area contributed by atoms with Gasteiger partial charge in [-0.1, -0.05) is 30.3 Å². The summed E-state index contributed by atoms with van der Waals surface area (Å²) in [4.78, 5) is 46.0. The smallest absolute Gasteiger partial charge is 0.307 e. The fraction of sp³-hybridized carbons (Fsp3) is 0.304. The van der Waals surface area contributed by atoms with Crippen LogP contribution in [-0.4, -0.2) is 34.5 Å². The monoisotopic (exact) mass is 405 g/mol. The SMILES string of the molecule is C[C@@H](OC(=O)CCc1nc2ccccc2c(=O)[nH]1)C(=O)N1CCCc2ccccc21. The maximum absolute atomic E-state index is 12.9. The molecule has 7 heteroatoms. The van der Waals surface area contributed by atoms with Gasteiger partial charge in [-0.05, 0) is 43.5 Å². The highest BCUT2D eigenvalue weighted by atomic mass is 16.5. The zero-order valence-electron chi connectivity index (χ0n) is 16.8. The molecule has 4 rings (SSSR count). The van der Waals surface area contributed by atoms with Crippen LogP contribution in [0.25, 0.3) is 10.9 Å².